The zero-order valence-electron chi connectivity index (χ0n) is 5.67. The Labute approximate surface area is 55.1 Å². The molecule has 3 heteroatoms. The first-order valence-electron chi connectivity index (χ1n) is 3.19. The molecule has 1 heterocycles. The summed E-state index contributed by atoms with van der Waals surface area (Å²) >= 11 is 0. The number of ether oxygens (including phenoxy) is 2. The summed E-state index contributed by atoms with van der Waals surface area (Å²) < 4.78 is 10.2. The molecule has 2 atom stereocenters. The lowest BCUT2D eigenvalue weighted by Gasteiger charge is -2.25. The summed E-state index contributed by atoms with van der Waals surface area (Å²) in [6.07, 6.45) is 1.14. The first-order chi connectivity index (χ1) is 4.33. The number of hydrogen-bond acceptors (Lipinski definition) is 3. The maximum Gasteiger partial charge on any atom is 0.0820 e. The van der Waals surface area contributed by atoms with Crippen LogP contribution in [0.15, 0.2) is 0 Å². The van der Waals surface area contributed by atoms with Gasteiger partial charge < -0.3 is 15.2 Å². The molecule has 0 aromatic rings. The molecule has 0 saturated carbocycles. The van der Waals surface area contributed by atoms with Crippen molar-refractivity contribution >= 4 is 0 Å². The van der Waals surface area contributed by atoms with Gasteiger partial charge in [-0.3, -0.25) is 0 Å². The van der Waals surface area contributed by atoms with Gasteiger partial charge in [-0.05, 0) is 6.42 Å². The van der Waals surface area contributed by atoms with Crippen LogP contribution in [-0.2, 0) is 9.47 Å². The molecule has 1 aliphatic heterocycles. The van der Waals surface area contributed by atoms with E-state index < -0.39 is 0 Å². The molecule has 1 saturated heterocycles. The fourth-order valence-electron chi connectivity index (χ4n) is 0.989. The van der Waals surface area contributed by atoms with E-state index in [0.29, 0.717) is 13.2 Å². The first kappa shape index (κ1) is 6.99. The van der Waals surface area contributed by atoms with Gasteiger partial charge in [-0.25, -0.2) is 0 Å². The molecule has 9 heavy (non-hydrogen) atoms. The second kappa shape index (κ2) is 3.15. The first-order valence-corrected chi connectivity index (χ1v) is 3.19. The summed E-state index contributed by atoms with van der Waals surface area (Å²) in [5.74, 6) is 0. The van der Waals surface area contributed by atoms with Gasteiger partial charge in [0.05, 0.1) is 19.3 Å². The van der Waals surface area contributed by atoms with E-state index in [1.165, 1.54) is 0 Å². The predicted molar refractivity (Wildman–Crippen MR) is 34.2 cm³/mol. The van der Waals surface area contributed by atoms with Crippen LogP contribution in [0.2, 0.25) is 0 Å². The van der Waals surface area contributed by atoms with Crippen molar-refractivity contribution < 1.29 is 9.47 Å². The summed E-state index contributed by atoms with van der Waals surface area (Å²) in [5.41, 5.74) is 5.60. The smallest absolute Gasteiger partial charge is 0.0820 e. The normalized spacial score (nSPS) is 36.7. The Kier molecular flexibility index (Phi) is 2.45. The molecule has 0 bridgehead atoms. The van der Waals surface area contributed by atoms with Crippen LogP contribution in [0.25, 0.3) is 0 Å². The predicted octanol–water partition coefficient (Wildman–Crippen LogP) is -0.251. The third-order valence-electron chi connectivity index (χ3n) is 1.53. The Hall–Kier alpha value is -0.120. The van der Waals surface area contributed by atoms with Crippen LogP contribution >= 0.6 is 0 Å². The molecular formula is C6H13NO2. The van der Waals surface area contributed by atoms with Crippen molar-refractivity contribution in [2.24, 2.45) is 5.73 Å². The highest BCUT2D eigenvalue weighted by atomic mass is 16.5. The molecule has 0 aromatic carbocycles. The van der Waals surface area contributed by atoms with Crippen molar-refractivity contribution in [3.05, 3.63) is 0 Å². The standard InChI is InChI=1S/C6H13NO2/c1-8-6-2-5(7)3-9-4-6/h5-6H,2-4,7H2,1H3. The van der Waals surface area contributed by atoms with Gasteiger partial charge in [0.2, 0.25) is 0 Å². The van der Waals surface area contributed by atoms with Crippen LogP contribution in [0.4, 0.5) is 0 Å². The minimum Gasteiger partial charge on any atom is -0.379 e. The van der Waals surface area contributed by atoms with Gasteiger partial charge in [0.15, 0.2) is 0 Å². The molecule has 0 aromatic heterocycles. The molecule has 2 unspecified atom stereocenters. The Morgan fingerprint density at radius 1 is 1.56 bits per heavy atom. The fraction of sp³-hybridized carbons (Fsp3) is 1.00. The molecule has 0 amide bonds. The Morgan fingerprint density at radius 3 is 2.78 bits per heavy atom. The molecule has 54 valence electrons. The maximum absolute atomic E-state index is 5.60. The van der Waals surface area contributed by atoms with Crippen LogP contribution in [0, 0.1) is 0 Å². The molecule has 0 radical (unpaired) electrons. The second-order valence-electron chi connectivity index (χ2n) is 2.39. The number of rotatable bonds is 1. The van der Waals surface area contributed by atoms with Crippen molar-refractivity contribution in [1.29, 1.82) is 0 Å². The molecule has 1 fully saturated rings. The number of methoxy groups -OCH3 is 1. The van der Waals surface area contributed by atoms with E-state index in [-0.39, 0.29) is 12.1 Å². The van der Waals surface area contributed by atoms with Gasteiger partial charge in [-0.2, -0.15) is 0 Å². The highest BCUT2D eigenvalue weighted by Crippen LogP contribution is 2.07. The molecule has 2 N–H and O–H groups in total. The third-order valence-corrected chi connectivity index (χ3v) is 1.53. The van der Waals surface area contributed by atoms with E-state index in [1.54, 1.807) is 7.11 Å². The van der Waals surface area contributed by atoms with Crippen molar-refractivity contribution in [3.8, 4) is 0 Å². The summed E-state index contributed by atoms with van der Waals surface area (Å²) in [4.78, 5) is 0. The lowest BCUT2D eigenvalue weighted by molar-refractivity contribution is -0.0377. The second-order valence-corrected chi connectivity index (χ2v) is 2.39. The molecular weight excluding hydrogens is 118 g/mol. The fourth-order valence-corrected chi connectivity index (χ4v) is 0.989. The van der Waals surface area contributed by atoms with Crippen molar-refractivity contribution in [2.45, 2.75) is 18.6 Å². The van der Waals surface area contributed by atoms with E-state index in [1.807, 2.05) is 0 Å². The largest absolute Gasteiger partial charge is 0.379 e. The van der Waals surface area contributed by atoms with Gasteiger partial charge in [0, 0.05) is 13.2 Å². The minimum atomic E-state index is 0.170. The maximum atomic E-state index is 5.60. The number of nitrogens with two attached hydrogens (primary N) is 1. The highest BCUT2D eigenvalue weighted by molar-refractivity contribution is 4.72. The topological polar surface area (TPSA) is 44.5 Å². The zero-order chi connectivity index (χ0) is 6.69. The molecule has 0 spiro atoms. The van der Waals surface area contributed by atoms with Gasteiger partial charge in [-0.1, -0.05) is 0 Å². The van der Waals surface area contributed by atoms with Gasteiger partial charge in [0.25, 0.3) is 0 Å². The van der Waals surface area contributed by atoms with Crippen LogP contribution in [0.3, 0.4) is 0 Å². The summed E-state index contributed by atoms with van der Waals surface area (Å²) in [5, 5.41) is 0. The Bertz CT molecular complexity index is 87.1. The van der Waals surface area contributed by atoms with E-state index in [9.17, 15) is 0 Å². The van der Waals surface area contributed by atoms with Crippen molar-refractivity contribution in [3.63, 3.8) is 0 Å². The average molecular weight is 131 g/mol. The zero-order valence-corrected chi connectivity index (χ0v) is 5.67. The Balaban J connectivity index is 2.23. The quantitative estimate of drug-likeness (QED) is 0.533. The van der Waals surface area contributed by atoms with Gasteiger partial charge in [-0.15, -0.1) is 0 Å². The van der Waals surface area contributed by atoms with Crippen LogP contribution in [-0.4, -0.2) is 32.5 Å². The van der Waals surface area contributed by atoms with E-state index in [4.69, 9.17) is 15.2 Å². The van der Waals surface area contributed by atoms with Crippen LogP contribution in [0.5, 0.6) is 0 Å². The lowest BCUT2D eigenvalue weighted by atomic mass is 10.1. The van der Waals surface area contributed by atoms with Crippen molar-refractivity contribution in [2.75, 3.05) is 20.3 Å². The minimum absolute atomic E-state index is 0.170. The highest BCUT2D eigenvalue weighted by Gasteiger charge is 2.18. The van der Waals surface area contributed by atoms with Crippen molar-refractivity contribution in [1.82, 2.24) is 0 Å². The summed E-state index contributed by atoms with van der Waals surface area (Å²) in [6.45, 7) is 1.38. The van der Waals surface area contributed by atoms with E-state index in [2.05, 4.69) is 0 Å². The summed E-state index contributed by atoms with van der Waals surface area (Å²) in [7, 11) is 1.69. The van der Waals surface area contributed by atoms with Gasteiger partial charge in [0.1, 0.15) is 0 Å². The molecule has 3 nitrogen and oxygen atoms in total. The summed E-state index contributed by atoms with van der Waals surface area (Å²) in [6, 6.07) is 0.170. The van der Waals surface area contributed by atoms with Crippen LogP contribution < -0.4 is 5.73 Å². The van der Waals surface area contributed by atoms with E-state index >= 15 is 0 Å². The third kappa shape index (κ3) is 1.93. The molecule has 1 aliphatic rings. The molecule has 1 rings (SSSR count). The monoisotopic (exact) mass is 131 g/mol. The number of hydrogen-bond donors (Lipinski definition) is 1. The lowest BCUT2D eigenvalue weighted by Crippen LogP contribution is -2.39. The average Bonchev–Trinajstić information content (AvgIpc) is 1.88. The van der Waals surface area contributed by atoms with E-state index in [0.717, 1.165) is 6.42 Å². The molecule has 0 aliphatic carbocycles. The van der Waals surface area contributed by atoms with Crippen LogP contribution in [0.1, 0.15) is 6.42 Å². The van der Waals surface area contributed by atoms with Gasteiger partial charge >= 0.3 is 0 Å². The Morgan fingerprint density at radius 2 is 2.33 bits per heavy atom. The SMILES string of the molecule is COC1COCC(N)C1.